The highest BCUT2D eigenvalue weighted by Gasteiger charge is 2.60. The molecule has 3 aliphatic carbocycles. The zero-order valence-electron chi connectivity index (χ0n) is 14.6. The summed E-state index contributed by atoms with van der Waals surface area (Å²) < 4.78 is 6.18. The summed E-state index contributed by atoms with van der Waals surface area (Å²) in [7, 11) is 0. The SMILES string of the molecule is CC(=O)[C@H]1CC[C@H]2[C@@H]3CC[C@H]4OCCC[C@]4(C)[C@H]3CC[C@]12C. The van der Waals surface area contributed by atoms with Crippen LogP contribution in [0.5, 0.6) is 0 Å². The maximum atomic E-state index is 12.1. The third-order valence-corrected chi connectivity index (χ3v) is 8.45. The zero-order valence-corrected chi connectivity index (χ0v) is 14.6. The lowest BCUT2D eigenvalue weighted by Crippen LogP contribution is -2.56. The van der Waals surface area contributed by atoms with E-state index in [2.05, 4.69) is 13.8 Å². The van der Waals surface area contributed by atoms with Gasteiger partial charge in [-0.2, -0.15) is 0 Å². The van der Waals surface area contributed by atoms with Crippen LogP contribution in [0.4, 0.5) is 0 Å². The molecule has 2 heteroatoms. The van der Waals surface area contributed by atoms with Gasteiger partial charge in [-0.3, -0.25) is 4.79 Å². The minimum absolute atomic E-state index is 0.297. The molecule has 0 aromatic rings. The average molecular weight is 304 g/mol. The van der Waals surface area contributed by atoms with E-state index in [-0.39, 0.29) is 0 Å². The smallest absolute Gasteiger partial charge is 0.133 e. The summed E-state index contributed by atoms with van der Waals surface area (Å²) in [5.74, 6) is 3.28. The summed E-state index contributed by atoms with van der Waals surface area (Å²) in [5.41, 5.74) is 0.711. The van der Waals surface area contributed by atoms with Gasteiger partial charge in [0.2, 0.25) is 0 Å². The second-order valence-electron chi connectivity index (χ2n) is 9.21. The Balaban J connectivity index is 1.63. The van der Waals surface area contributed by atoms with Gasteiger partial charge in [0.15, 0.2) is 0 Å². The molecule has 0 spiro atoms. The van der Waals surface area contributed by atoms with E-state index in [9.17, 15) is 4.79 Å². The van der Waals surface area contributed by atoms with Crippen molar-refractivity contribution in [2.75, 3.05) is 6.61 Å². The number of carbonyl (C=O) groups is 1. The molecule has 0 aromatic heterocycles. The van der Waals surface area contributed by atoms with Gasteiger partial charge in [-0.15, -0.1) is 0 Å². The Morgan fingerprint density at radius 1 is 0.955 bits per heavy atom. The van der Waals surface area contributed by atoms with Crippen molar-refractivity contribution >= 4 is 5.78 Å². The van der Waals surface area contributed by atoms with E-state index in [4.69, 9.17) is 4.74 Å². The third kappa shape index (κ3) is 1.92. The van der Waals surface area contributed by atoms with Gasteiger partial charge in [-0.25, -0.2) is 0 Å². The first-order valence-electron chi connectivity index (χ1n) is 9.59. The van der Waals surface area contributed by atoms with Crippen LogP contribution in [0.15, 0.2) is 0 Å². The van der Waals surface area contributed by atoms with Crippen LogP contribution in [0.3, 0.4) is 0 Å². The largest absolute Gasteiger partial charge is 0.378 e. The summed E-state index contributed by atoms with van der Waals surface area (Å²) >= 11 is 0. The minimum atomic E-state index is 0.297. The molecule has 124 valence electrons. The fourth-order valence-corrected chi connectivity index (χ4v) is 7.39. The lowest BCUT2D eigenvalue weighted by Gasteiger charge is -2.59. The number of ether oxygens (including phenoxy) is 1. The molecular weight excluding hydrogens is 272 g/mol. The van der Waals surface area contributed by atoms with E-state index in [1.807, 2.05) is 6.92 Å². The number of fused-ring (bicyclic) bond motifs is 5. The molecule has 0 aromatic carbocycles. The first-order chi connectivity index (χ1) is 10.5. The Labute approximate surface area is 135 Å². The molecule has 22 heavy (non-hydrogen) atoms. The van der Waals surface area contributed by atoms with Crippen LogP contribution in [0.1, 0.15) is 72.1 Å². The molecule has 1 saturated heterocycles. The summed E-state index contributed by atoms with van der Waals surface area (Å²) in [4.78, 5) is 12.1. The minimum Gasteiger partial charge on any atom is -0.378 e. The van der Waals surface area contributed by atoms with Gasteiger partial charge in [-0.1, -0.05) is 13.8 Å². The first-order valence-corrected chi connectivity index (χ1v) is 9.59. The van der Waals surface area contributed by atoms with Gasteiger partial charge < -0.3 is 4.74 Å². The van der Waals surface area contributed by atoms with Crippen molar-refractivity contribution in [2.45, 2.75) is 78.2 Å². The van der Waals surface area contributed by atoms with E-state index in [1.54, 1.807) is 0 Å². The average Bonchev–Trinajstić information content (AvgIpc) is 2.84. The molecule has 0 N–H and O–H groups in total. The number of Topliss-reactive ketones (excluding diaryl/α,β-unsaturated/α-hetero) is 1. The number of ketones is 1. The maximum Gasteiger partial charge on any atom is 0.133 e. The van der Waals surface area contributed by atoms with Crippen LogP contribution in [-0.4, -0.2) is 18.5 Å². The molecule has 0 radical (unpaired) electrons. The predicted octanol–water partition coefficient (Wildman–Crippen LogP) is 4.61. The van der Waals surface area contributed by atoms with Crippen LogP contribution in [0.25, 0.3) is 0 Å². The molecule has 0 amide bonds. The standard InChI is InChI=1S/C20H32O2/c1-13(21)15-6-7-16-14-5-8-18-20(3,10-4-12-22-18)17(14)9-11-19(15,16)2/h14-18H,4-12H2,1-3H3/t14-,15+,16-,17-,18+,19+,20+/m0/s1. The molecule has 0 unspecified atom stereocenters. The highest BCUT2D eigenvalue weighted by atomic mass is 16.5. The number of hydrogen-bond acceptors (Lipinski definition) is 2. The summed E-state index contributed by atoms with van der Waals surface area (Å²) in [5, 5.41) is 0. The van der Waals surface area contributed by atoms with Crippen LogP contribution in [-0.2, 0) is 9.53 Å². The van der Waals surface area contributed by atoms with Gasteiger partial charge in [0.1, 0.15) is 5.78 Å². The lowest BCUT2D eigenvalue weighted by atomic mass is 9.47. The Hall–Kier alpha value is -0.370. The van der Waals surface area contributed by atoms with E-state index < -0.39 is 0 Å². The van der Waals surface area contributed by atoms with Crippen molar-refractivity contribution < 1.29 is 9.53 Å². The fourth-order valence-electron chi connectivity index (χ4n) is 7.39. The topological polar surface area (TPSA) is 26.3 Å². The van der Waals surface area contributed by atoms with Crippen LogP contribution < -0.4 is 0 Å². The molecule has 0 bridgehead atoms. The molecule has 1 aliphatic heterocycles. The van der Waals surface area contributed by atoms with Crippen molar-refractivity contribution in [3.63, 3.8) is 0 Å². The van der Waals surface area contributed by atoms with Crippen molar-refractivity contribution in [2.24, 2.45) is 34.5 Å². The predicted molar refractivity (Wildman–Crippen MR) is 87.5 cm³/mol. The van der Waals surface area contributed by atoms with Crippen LogP contribution in [0, 0.1) is 34.5 Å². The van der Waals surface area contributed by atoms with E-state index in [1.165, 1.54) is 44.9 Å². The first kappa shape index (κ1) is 15.2. The summed E-state index contributed by atoms with van der Waals surface area (Å²) in [6.45, 7) is 7.77. The number of hydrogen-bond donors (Lipinski definition) is 0. The number of carbonyl (C=O) groups excluding carboxylic acids is 1. The maximum absolute atomic E-state index is 12.1. The van der Waals surface area contributed by atoms with Crippen molar-refractivity contribution in [3.8, 4) is 0 Å². The molecule has 2 nitrogen and oxygen atoms in total. The quantitative estimate of drug-likeness (QED) is 0.707. The molecule has 7 atom stereocenters. The van der Waals surface area contributed by atoms with Crippen molar-refractivity contribution in [1.29, 1.82) is 0 Å². The highest BCUT2D eigenvalue weighted by molar-refractivity contribution is 5.79. The van der Waals surface area contributed by atoms with Crippen molar-refractivity contribution in [3.05, 3.63) is 0 Å². The fraction of sp³-hybridized carbons (Fsp3) is 0.950. The Kier molecular flexibility index (Phi) is 3.49. The molecular formula is C20H32O2. The van der Waals surface area contributed by atoms with Gasteiger partial charge in [0, 0.05) is 12.5 Å². The van der Waals surface area contributed by atoms with E-state index >= 15 is 0 Å². The zero-order chi connectivity index (χ0) is 15.5. The molecule has 4 rings (SSSR count). The molecule has 4 aliphatic rings. The van der Waals surface area contributed by atoms with E-state index in [0.29, 0.717) is 28.6 Å². The second kappa shape index (κ2) is 5.06. The Bertz CT molecular complexity index is 472. The molecule has 1 heterocycles. The summed E-state index contributed by atoms with van der Waals surface area (Å²) in [6.07, 6.45) is 10.8. The van der Waals surface area contributed by atoms with Crippen molar-refractivity contribution in [1.82, 2.24) is 0 Å². The monoisotopic (exact) mass is 304 g/mol. The van der Waals surface area contributed by atoms with Gasteiger partial charge in [-0.05, 0) is 86.9 Å². The van der Waals surface area contributed by atoms with Gasteiger partial charge in [0.05, 0.1) is 6.10 Å². The molecule has 3 saturated carbocycles. The third-order valence-electron chi connectivity index (χ3n) is 8.45. The van der Waals surface area contributed by atoms with Crippen LogP contribution >= 0.6 is 0 Å². The van der Waals surface area contributed by atoms with E-state index in [0.717, 1.165) is 30.8 Å². The molecule has 4 fully saturated rings. The van der Waals surface area contributed by atoms with Gasteiger partial charge in [0.25, 0.3) is 0 Å². The summed E-state index contributed by atoms with van der Waals surface area (Å²) in [6, 6.07) is 0. The Morgan fingerprint density at radius 2 is 1.73 bits per heavy atom. The van der Waals surface area contributed by atoms with Crippen LogP contribution in [0.2, 0.25) is 0 Å². The lowest BCUT2D eigenvalue weighted by molar-refractivity contribution is -0.174. The van der Waals surface area contributed by atoms with Gasteiger partial charge >= 0.3 is 0 Å². The normalized spacial score (nSPS) is 54.2. The number of rotatable bonds is 1. The highest BCUT2D eigenvalue weighted by Crippen LogP contribution is 2.65. The second-order valence-corrected chi connectivity index (χ2v) is 9.21. The Morgan fingerprint density at radius 3 is 2.50 bits per heavy atom.